The number of alkyl halides is 3. The van der Waals surface area contributed by atoms with E-state index in [0.29, 0.717) is 0 Å². The normalized spacial score (nSPS) is 23.2. The zero-order valence-electron chi connectivity index (χ0n) is 19.2. The maximum atomic E-state index is 13.4. The number of nitrogens with zero attached hydrogens (tertiary/aromatic N) is 4. The van der Waals surface area contributed by atoms with Crippen LogP contribution in [0.4, 0.5) is 13.2 Å². The minimum absolute atomic E-state index is 0.000846. The Hall–Kier alpha value is -2.75. The van der Waals surface area contributed by atoms with Crippen LogP contribution in [0.5, 0.6) is 0 Å². The molecule has 3 heterocycles. The number of hydrazone groups is 1. The van der Waals surface area contributed by atoms with Crippen LogP contribution in [0, 0.1) is 5.92 Å². The van der Waals surface area contributed by atoms with Gasteiger partial charge in [0.2, 0.25) is 0 Å². The van der Waals surface area contributed by atoms with Crippen LogP contribution in [0.3, 0.4) is 0 Å². The highest BCUT2D eigenvalue weighted by Gasteiger charge is 2.37. The van der Waals surface area contributed by atoms with Gasteiger partial charge in [-0.05, 0) is 31.9 Å². The van der Waals surface area contributed by atoms with Crippen LogP contribution in [-0.4, -0.2) is 65.5 Å². The van der Waals surface area contributed by atoms with Crippen molar-refractivity contribution in [1.29, 1.82) is 0 Å². The third-order valence-electron chi connectivity index (χ3n) is 5.86. The summed E-state index contributed by atoms with van der Waals surface area (Å²) in [6.07, 6.45) is 12.9. The first-order valence-corrected chi connectivity index (χ1v) is 11.5. The van der Waals surface area contributed by atoms with Gasteiger partial charge in [0.1, 0.15) is 5.69 Å². The van der Waals surface area contributed by atoms with Crippen LogP contribution in [0.2, 0.25) is 0 Å². The number of likely N-dealkylation sites (N-methyl/N-ethyl adjacent to an activating group) is 1. The van der Waals surface area contributed by atoms with E-state index in [2.05, 4.69) is 62.1 Å². The van der Waals surface area contributed by atoms with Crippen molar-refractivity contribution in [3.05, 3.63) is 54.2 Å². The van der Waals surface area contributed by atoms with Crippen molar-refractivity contribution < 1.29 is 13.2 Å². The van der Waals surface area contributed by atoms with Gasteiger partial charge in [-0.15, -0.1) is 0 Å². The Labute approximate surface area is 193 Å². The summed E-state index contributed by atoms with van der Waals surface area (Å²) >= 11 is 0. The minimum Gasteiger partial charge on any atom is -0.381 e. The van der Waals surface area contributed by atoms with Gasteiger partial charge in [-0.25, -0.2) is 0 Å². The zero-order chi connectivity index (χ0) is 23.7. The molecule has 0 spiro atoms. The Morgan fingerprint density at radius 3 is 2.76 bits per heavy atom. The summed E-state index contributed by atoms with van der Waals surface area (Å²) in [6.45, 7) is 6.12. The monoisotopic (exact) mass is 465 g/mol. The molecule has 1 aromatic heterocycles. The average molecular weight is 466 g/mol. The van der Waals surface area contributed by atoms with E-state index in [1.54, 1.807) is 12.3 Å². The molecule has 10 heteroatoms. The van der Waals surface area contributed by atoms with E-state index in [1.165, 1.54) is 6.20 Å². The molecule has 0 bridgehead atoms. The van der Waals surface area contributed by atoms with E-state index < -0.39 is 17.9 Å². The van der Waals surface area contributed by atoms with Gasteiger partial charge in [0.05, 0.1) is 18.3 Å². The molecule has 3 rings (SSSR count). The van der Waals surface area contributed by atoms with E-state index in [1.807, 2.05) is 18.4 Å². The first-order valence-electron chi connectivity index (χ1n) is 11.5. The SMILES string of the molecule is CCCC/C=C/C(N/C=C/C1C=NNC1/C=C/N1CCN(C)CC1)c1cn[nH]c1C(F)(F)F. The average Bonchev–Trinajstić information content (AvgIpc) is 3.44. The molecule has 7 nitrogen and oxygen atoms in total. The molecule has 3 atom stereocenters. The maximum absolute atomic E-state index is 13.4. The highest BCUT2D eigenvalue weighted by atomic mass is 19.4. The van der Waals surface area contributed by atoms with Gasteiger partial charge >= 0.3 is 6.18 Å². The number of allylic oxidation sites excluding steroid dienone is 1. The molecule has 1 aromatic rings. The molecule has 182 valence electrons. The first-order chi connectivity index (χ1) is 15.9. The van der Waals surface area contributed by atoms with Gasteiger partial charge in [-0.1, -0.05) is 38.0 Å². The minimum atomic E-state index is -4.49. The van der Waals surface area contributed by atoms with Crippen LogP contribution in [0.15, 0.2) is 48.0 Å². The summed E-state index contributed by atoms with van der Waals surface area (Å²) < 4.78 is 40.1. The molecule has 3 N–H and O–H groups in total. The van der Waals surface area contributed by atoms with Crippen LogP contribution < -0.4 is 10.7 Å². The molecule has 0 aromatic carbocycles. The van der Waals surface area contributed by atoms with Crippen molar-refractivity contribution in [2.45, 2.75) is 44.4 Å². The number of halogens is 3. The number of aromatic nitrogens is 2. The summed E-state index contributed by atoms with van der Waals surface area (Å²) in [5.41, 5.74) is 2.33. The molecule has 3 unspecified atom stereocenters. The Kier molecular flexibility index (Phi) is 8.99. The number of nitrogens with one attached hydrogen (secondary N) is 3. The molecule has 2 aliphatic rings. The zero-order valence-corrected chi connectivity index (χ0v) is 19.2. The highest BCUT2D eigenvalue weighted by Crippen LogP contribution is 2.33. The van der Waals surface area contributed by atoms with Gasteiger partial charge in [0, 0.05) is 43.9 Å². The van der Waals surface area contributed by atoms with Crippen molar-refractivity contribution in [3.63, 3.8) is 0 Å². The van der Waals surface area contributed by atoms with Crippen LogP contribution >= 0.6 is 0 Å². The van der Waals surface area contributed by atoms with Crippen molar-refractivity contribution in [2.24, 2.45) is 11.0 Å². The van der Waals surface area contributed by atoms with E-state index >= 15 is 0 Å². The Bertz CT molecular complexity index is 835. The molecule has 0 radical (unpaired) electrons. The quantitative estimate of drug-likeness (QED) is 0.364. The second-order valence-corrected chi connectivity index (χ2v) is 8.46. The number of hydrogen-bond donors (Lipinski definition) is 3. The number of rotatable bonds is 10. The lowest BCUT2D eigenvalue weighted by molar-refractivity contribution is -0.141. The molecule has 1 fully saturated rings. The lowest BCUT2D eigenvalue weighted by Gasteiger charge is -2.31. The van der Waals surface area contributed by atoms with Gasteiger partial charge in [-0.3, -0.25) is 5.10 Å². The Morgan fingerprint density at radius 1 is 1.24 bits per heavy atom. The molecule has 1 saturated heterocycles. The largest absolute Gasteiger partial charge is 0.433 e. The number of piperazine rings is 1. The number of unbranched alkanes of at least 4 members (excludes halogenated alkanes) is 2. The summed E-state index contributed by atoms with van der Waals surface area (Å²) in [7, 11) is 2.12. The van der Waals surface area contributed by atoms with Gasteiger partial charge in [-0.2, -0.15) is 23.4 Å². The van der Waals surface area contributed by atoms with E-state index in [-0.39, 0.29) is 17.5 Å². The summed E-state index contributed by atoms with van der Waals surface area (Å²) in [5, 5.41) is 13.0. The maximum Gasteiger partial charge on any atom is 0.433 e. The van der Waals surface area contributed by atoms with Crippen LogP contribution in [0.1, 0.15) is 43.5 Å². The predicted molar refractivity (Wildman–Crippen MR) is 124 cm³/mol. The van der Waals surface area contributed by atoms with Crippen molar-refractivity contribution in [2.75, 3.05) is 33.2 Å². The summed E-state index contributed by atoms with van der Waals surface area (Å²) in [6, 6.07) is -0.639. The van der Waals surface area contributed by atoms with Crippen LogP contribution in [0.25, 0.3) is 0 Å². The Balaban J connectivity index is 1.64. The van der Waals surface area contributed by atoms with E-state index in [9.17, 15) is 13.2 Å². The lowest BCUT2D eigenvalue weighted by atomic mass is 10.0. The predicted octanol–water partition coefficient (Wildman–Crippen LogP) is 3.65. The first kappa shape index (κ1) is 24.9. The highest BCUT2D eigenvalue weighted by molar-refractivity contribution is 5.66. The molecule has 33 heavy (non-hydrogen) atoms. The van der Waals surface area contributed by atoms with Crippen molar-refractivity contribution in [1.82, 2.24) is 30.7 Å². The van der Waals surface area contributed by atoms with E-state index in [0.717, 1.165) is 45.4 Å². The molecule has 2 aliphatic heterocycles. The smallest absolute Gasteiger partial charge is 0.381 e. The molecule has 0 amide bonds. The van der Waals surface area contributed by atoms with Gasteiger partial charge < -0.3 is 20.5 Å². The third-order valence-corrected chi connectivity index (χ3v) is 5.86. The van der Waals surface area contributed by atoms with E-state index in [4.69, 9.17) is 0 Å². The van der Waals surface area contributed by atoms with Crippen molar-refractivity contribution >= 4 is 6.21 Å². The number of aromatic amines is 1. The Morgan fingerprint density at radius 2 is 2.03 bits per heavy atom. The number of hydrogen-bond acceptors (Lipinski definition) is 6. The van der Waals surface area contributed by atoms with Gasteiger partial charge in [0.15, 0.2) is 0 Å². The fourth-order valence-electron chi connectivity index (χ4n) is 3.75. The molecular weight excluding hydrogens is 431 g/mol. The van der Waals surface area contributed by atoms with Crippen molar-refractivity contribution in [3.8, 4) is 0 Å². The fraction of sp³-hybridized carbons (Fsp3) is 0.565. The standard InChI is InChI=1S/C23H34F3N7/c1-3-4-5-6-7-21(19-17-29-31-22(19)23(24,25)26)27-10-8-18-16-28-30-20(18)9-11-33-14-12-32(2)13-15-33/h6-11,16-18,20-21,27,30H,3-5,12-15H2,1-2H3,(H,29,31)/b7-6+,10-8+,11-9+. The summed E-state index contributed by atoms with van der Waals surface area (Å²) in [5.74, 6) is -0.00243. The molecular formula is C23H34F3N7. The second-order valence-electron chi connectivity index (χ2n) is 8.46. The second kappa shape index (κ2) is 11.9. The summed E-state index contributed by atoms with van der Waals surface area (Å²) in [4.78, 5) is 4.59. The van der Waals surface area contributed by atoms with Crippen LogP contribution in [-0.2, 0) is 6.18 Å². The third kappa shape index (κ3) is 7.38. The van der Waals surface area contributed by atoms with Gasteiger partial charge in [0.25, 0.3) is 0 Å². The topological polar surface area (TPSA) is 71.6 Å². The number of H-pyrrole nitrogens is 1. The molecule has 0 saturated carbocycles. The lowest BCUT2D eigenvalue weighted by Crippen LogP contribution is -2.42. The fourth-order valence-corrected chi connectivity index (χ4v) is 3.75. The molecule has 0 aliphatic carbocycles.